The molecule has 0 amide bonds. The van der Waals surface area contributed by atoms with Crippen molar-refractivity contribution in [2.24, 2.45) is 0 Å². The molecule has 1 aliphatic heterocycles. The minimum absolute atomic E-state index is 0.138. The van der Waals surface area contributed by atoms with Crippen LogP contribution in [0.15, 0.2) is 41.7 Å². The van der Waals surface area contributed by atoms with Gasteiger partial charge in [0.2, 0.25) is 0 Å². The van der Waals surface area contributed by atoms with Gasteiger partial charge in [-0.3, -0.25) is 0 Å². The minimum Gasteiger partial charge on any atom is -0.386 e. The molecule has 0 saturated heterocycles. The molecular weight excluding hydrogens is 286 g/mol. The van der Waals surface area contributed by atoms with Crippen molar-refractivity contribution in [2.75, 3.05) is 14.1 Å². The summed E-state index contributed by atoms with van der Waals surface area (Å²) in [6.07, 6.45) is 3.77. The van der Waals surface area contributed by atoms with Gasteiger partial charge in [0.15, 0.2) is 0 Å². The zero-order chi connectivity index (χ0) is 15.0. The van der Waals surface area contributed by atoms with Crippen LogP contribution >= 0.6 is 0 Å². The summed E-state index contributed by atoms with van der Waals surface area (Å²) < 4.78 is 30.8. The molecule has 0 N–H and O–H groups in total. The van der Waals surface area contributed by atoms with Crippen molar-refractivity contribution < 1.29 is 12.6 Å². The normalized spacial score (nSPS) is 28.1. The van der Waals surface area contributed by atoms with Crippen molar-refractivity contribution in [3.63, 3.8) is 0 Å². The molecule has 0 saturated carbocycles. The molecule has 0 aromatic heterocycles. The van der Waals surface area contributed by atoms with Gasteiger partial charge in [0.25, 0.3) is 0 Å². The SMILES string of the molecule is CN(C)[C@@H]1C2=C(CCCC2)OS(=O)(=O)[C@@H]1c1ccccc1. The third-order valence-electron chi connectivity index (χ3n) is 4.31. The van der Waals surface area contributed by atoms with E-state index in [-0.39, 0.29) is 6.04 Å². The summed E-state index contributed by atoms with van der Waals surface area (Å²) in [4.78, 5) is 2.01. The summed E-state index contributed by atoms with van der Waals surface area (Å²) in [6, 6.07) is 9.26. The molecule has 4 nitrogen and oxygen atoms in total. The van der Waals surface area contributed by atoms with Gasteiger partial charge in [-0.2, -0.15) is 8.42 Å². The van der Waals surface area contributed by atoms with E-state index in [0.717, 1.165) is 36.8 Å². The predicted octanol–water partition coefficient (Wildman–Crippen LogP) is 2.85. The zero-order valence-corrected chi connectivity index (χ0v) is 13.3. The molecule has 1 aromatic carbocycles. The van der Waals surface area contributed by atoms with E-state index in [1.54, 1.807) is 0 Å². The van der Waals surface area contributed by atoms with Crippen LogP contribution in [0.3, 0.4) is 0 Å². The highest BCUT2D eigenvalue weighted by Crippen LogP contribution is 2.44. The topological polar surface area (TPSA) is 46.6 Å². The molecule has 0 fully saturated rings. The van der Waals surface area contributed by atoms with E-state index in [0.29, 0.717) is 5.76 Å². The van der Waals surface area contributed by atoms with Crippen LogP contribution in [0.1, 0.15) is 36.5 Å². The van der Waals surface area contributed by atoms with Gasteiger partial charge in [-0.05, 0) is 44.5 Å². The van der Waals surface area contributed by atoms with E-state index in [2.05, 4.69) is 0 Å². The lowest BCUT2D eigenvalue weighted by Crippen LogP contribution is -2.44. The van der Waals surface area contributed by atoms with E-state index < -0.39 is 15.4 Å². The van der Waals surface area contributed by atoms with Gasteiger partial charge in [0.05, 0.1) is 6.04 Å². The van der Waals surface area contributed by atoms with Crippen LogP contribution in [0.2, 0.25) is 0 Å². The Labute approximate surface area is 126 Å². The number of hydrogen-bond acceptors (Lipinski definition) is 4. The second-order valence-electron chi connectivity index (χ2n) is 5.97. The van der Waals surface area contributed by atoms with Gasteiger partial charge in [-0.15, -0.1) is 0 Å². The van der Waals surface area contributed by atoms with Crippen molar-refractivity contribution in [2.45, 2.75) is 37.0 Å². The highest BCUT2D eigenvalue weighted by atomic mass is 32.2. The van der Waals surface area contributed by atoms with Crippen molar-refractivity contribution in [3.8, 4) is 0 Å². The first-order valence-corrected chi connectivity index (χ1v) is 8.84. The average Bonchev–Trinajstić information content (AvgIpc) is 2.45. The van der Waals surface area contributed by atoms with E-state index in [4.69, 9.17) is 4.18 Å². The van der Waals surface area contributed by atoms with E-state index in [1.807, 2.05) is 49.3 Å². The predicted molar refractivity (Wildman–Crippen MR) is 82.2 cm³/mol. The number of benzene rings is 1. The molecule has 114 valence electrons. The van der Waals surface area contributed by atoms with E-state index >= 15 is 0 Å². The summed E-state index contributed by atoms with van der Waals surface area (Å²) in [7, 11) is 0.250. The fourth-order valence-electron chi connectivity index (χ4n) is 3.42. The second kappa shape index (κ2) is 5.46. The Bertz CT molecular complexity index is 649. The number of likely N-dealkylation sites (N-methyl/N-ethyl adjacent to an activating group) is 1. The molecule has 5 heteroatoms. The maximum atomic E-state index is 12.7. The largest absolute Gasteiger partial charge is 0.386 e. The van der Waals surface area contributed by atoms with Gasteiger partial charge in [0, 0.05) is 6.42 Å². The first kappa shape index (κ1) is 14.6. The van der Waals surface area contributed by atoms with Gasteiger partial charge in [-0.1, -0.05) is 30.3 Å². The molecule has 1 aromatic rings. The van der Waals surface area contributed by atoms with Crippen molar-refractivity contribution in [1.82, 2.24) is 4.90 Å². The molecule has 1 heterocycles. The maximum absolute atomic E-state index is 12.7. The summed E-state index contributed by atoms with van der Waals surface area (Å²) in [6.45, 7) is 0. The molecule has 0 spiro atoms. The molecule has 21 heavy (non-hydrogen) atoms. The molecule has 3 rings (SSSR count). The molecule has 0 radical (unpaired) electrons. The van der Waals surface area contributed by atoms with Gasteiger partial charge in [-0.25, -0.2) is 0 Å². The summed E-state index contributed by atoms with van der Waals surface area (Å²) in [5, 5.41) is -0.648. The van der Waals surface area contributed by atoms with Crippen LogP contribution in [0, 0.1) is 0 Å². The Hall–Kier alpha value is -1.33. The number of hydrogen-bond donors (Lipinski definition) is 0. The smallest absolute Gasteiger partial charge is 0.317 e. The lowest BCUT2D eigenvalue weighted by atomic mass is 9.88. The molecule has 1 aliphatic carbocycles. The van der Waals surface area contributed by atoms with Crippen molar-refractivity contribution in [1.29, 1.82) is 0 Å². The molecule has 2 atom stereocenters. The first-order chi connectivity index (χ1) is 10.0. The lowest BCUT2D eigenvalue weighted by molar-refractivity contribution is 0.250. The van der Waals surface area contributed by atoms with Crippen LogP contribution in [0.25, 0.3) is 0 Å². The van der Waals surface area contributed by atoms with E-state index in [9.17, 15) is 8.42 Å². The fraction of sp³-hybridized carbons (Fsp3) is 0.500. The quantitative estimate of drug-likeness (QED) is 0.788. The van der Waals surface area contributed by atoms with Gasteiger partial charge < -0.3 is 9.08 Å². The number of allylic oxidation sites excluding steroid dienone is 1. The van der Waals surface area contributed by atoms with Crippen LogP contribution < -0.4 is 0 Å². The number of nitrogens with zero attached hydrogens (tertiary/aromatic N) is 1. The minimum atomic E-state index is -3.64. The van der Waals surface area contributed by atoms with Crippen LogP contribution in [-0.4, -0.2) is 33.5 Å². The molecular formula is C16H21NO3S. The van der Waals surface area contributed by atoms with Crippen molar-refractivity contribution in [3.05, 3.63) is 47.2 Å². The third kappa shape index (κ3) is 2.60. The van der Waals surface area contributed by atoms with Crippen LogP contribution in [0.4, 0.5) is 0 Å². The maximum Gasteiger partial charge on any atom is 0.317 e. The Morgan fingerprint density at radius 1 is 1.10 bits per heavy atom. The van der Waals surface area contributed by atoms with Gasteiger partial charge >= 0.3 is 10.1 Å². The zero-order valence-electron chi connectivity index (χ0n) is 12.5. The Morgan fingerprint density at radius 2 is 1.76 bits per heavy atom. The molecule has 0 unspecified atom stereocenters. The van der Waals surface area contributed by atoms with Gasteiger partial charge in [0.1, 0.15) is 11.0 Å². The Kier molecular flexibility index (Phi) is 3.80. The number of rotatable bonds is 2. The first-order valence-electron chi connectivity index (χ1n) is 7.37. The highest BCUT2D eigenvalue weighted by molar-refractivity contribution is 7.87. The third-order valence-corrected chi connectivity index (χ3v) is 5.90. The van der Waals surface area contributed by atoms with Crippen molar-refractivity contribution >= 4 is 10.1 Å². The Morgan fingerprint density at radius 3 is 2.43 bits per heavy atom. The molecule has 2 aliphatic rings. The van der Waals surface area contributed by atoms with Crippen LogP contribution in [0.5, 0.6) is 0 Å². The standard InChI is InChI=1S/C16H21NO3S/c1-17(2)15-13-10-6-7-11-14(13)20-21(18,19)16(15)12-8-4-3-5-9-12/h3-5,8-9,15-16H,6-7,10-11H2,1-2H3/t15-,16-/m1/s1. The lowest BCUT2D eigenvalue weighted by Gasteiger charge is -2.40. The fourth-order valence-corrected chi connectivity index (χ4v) is 5.20. The van der Waals surface area contributed by atoms with E-state index in [1.165, 1.54) is 0 Å². The Balaban J connectivity index is 2.14. The second-order valence-corrected chi connectivity index (χ2v) is 7.63. The summed E-state index contributed by atoms with van der Waals surface area (Å²) in [5.74, 6) is 0.687. The highest BCUT2D eigenvalue weighted by Gasteiger charge is 2.45. The van der Waals surface area contributed by atoms with Crippen LogP contribution in [-0.2, 0) is 14.3 Å². The monoisotopic (exact) mass is 307 g/mol. The average molecular weight is 307 g/mol. The summed E-state index contributed by atoms with van der Waals surface area (Å²) in [5.41, 5.74) is 1.96. The molecule has 0 bridgehead atoms. The summed E-state index contributed by atoms with van der Waals surface area (Å²) >= 11 is 0.